The highest BCUT2D eigenvalue weighted by molar-refractivity contribution is 7.89. The summed E-state index contributed by atoms with van der Waals surface area (Å²) in [5.74, 6) is 0.379. The first-order valence-corrected chi connectivity index (χ1v) is 16.6. The molecule has 0 aliphatic carbocycles. The van der Waals surface area contributed by atoms with E-state index in [9.17, 15) is 18.0 Å². The van der Waals surface area contributed by atoms with Gasteiger partial charge in [-0.2, -0.15) is 0 Å². The Bertz CT molecular complexity index is 1760. The number of benzene rings is 3. The van der Waals surface area contributed by atoms with Crippen molar-refractivity contribution in [3.63, 3.8) is 0 Å². The Morgan fingerprint density at radius 3 is 2.20 bits per heavy atom. The third kappa shape index (κ3) is 8.52. The summed E-state index contributed by atoms with van der Waals surface area (Å²) in [6, 6.07) is 17.9. The zero-order valence-corrected chi connectivity index (χ0v) is 27.4. The second-order valence-corrected chi connectivity index (χ2v) is 13.2. The van der Waals surface area contributed by atoms with E-state index in [1.165, 1.54) is 14.2 Å². The minimum Gasteiger partial charge on any atom is -0.493 e. The Balaban J connectivity index is 1.78. The maximum absolute atomic E-state index is 14.0. The quantitative estimate of drug-likeness (QED) is 0.281. The number of amides is 2. The highest BCUT2D eigenvalue weighted by Gasteiger charge is 2.38. The Labute approximate surface area is 267 Å². The van der Waals surface area contributed by atoms with Gasteiger partial charge in [0, 0.05) is 12.8 Å². The molecule has 3 aromatic carbocycles. The smallest absolute Gasteiger partial charge is 0.271 e. The van der Waals surface area contributed by atoms with E-state index in [4.69, 9.17) is 35.8 Å². The molecule has 1 aliphatic heterocycles. The first-order valence-electron chi connectivity index (χ1n) is 14.3. The number of methoxy groups -OCH3 is 2. The fraction of sp³-hybridized carbons (Fsp3) is 0.375. The number of nitrogens with one attached hydrogen (secondary N) is 1. The summed E-state index contributed by atoms with van der Waals surface area (Å²) in [6.07, 6.45) is 2.00. The van der Waals surface area contributed by atoms with Crippen LogP contribution in [0.1, 0.15) is 32.3 Å². The van der Waals surface area contributed by atoms with Crippen molar-refractivity contribution in [2.24, 2.45) is 15.9 Å². The van der Waals surface area contributed by atoms with Crippen LogP contribution in [0.25, 0.3) is 0 Å². The van der Waals surface area contributed by atoms with E-state index in [1.807, 2.05) is 55.0 Å². The molecule has 13 heteroatoms. The van der Waals surface area contributed by atoms with Gasteiger partial charge in [-0.1, -0.05) is 55.8 Å². The zero-order chi connectivity index (χ0) is 32.8. The van der Waals surface area contributed by atoms with Crippen molar-refractivity contribution in [1.29, 1.82) is 0 Å². The van der Waals surface area contributed by atoms with Gasteiger partial charge in [0.2, 0.25) is 15.9 Å². The molecular formula is C32H37ClN4O7S. The van der Waals surface area contributed by atoms with E-state index < -0.39 is 28.2 Å². The summed E-state index contributed by atoms with van der Waals surface area (Å²) in [5, 5.41) is 1.54. The van der Waals surface area contributed by atoms with Gasteiger partial charge in [0.1, 0.15) is 10.8 Å². The number of hydrogen-bond donors (Lipinski definition) is 1. The molecule has 0 unspecified atom stereocenters. The van der Waals surface area contributed by atoms with Crippen LogP contribution in [0.5, 0.6) is 17.2 Å². The minimum absolute atomic E-state index is 0.0245. The first-order chi connectivity index (χ1) is 21.3. The number of para-hydroxylation sites is 3. The molecule has 240 valence electrons. The number of rotatable bonds is 14. The monoisotopic (exact) mass is 656 g/mol. The van der Waals surface area contributed by atoms with Gasteiger partial charge in [-0.25, -0.2) is 8.42 Å². The standard InChI is InChI=1S/C32H37ClN4O7S/c1-21(2)14-17-29(39)37(25-15-16-27(42-3)31(43-4)30(25)33)20-32(34-23-11-7-8-12-24(23)35-32)18-22-10-6-9-13-26(22)44-19-28(38)36-45(5,40)41/h6-13,15-16,21H,14,17-20H2,1-5H3,(H,36,38). The Kier molecular flexibility index (Phi) is 10.7. The Morgan fingerprint density at radius 1 is 0.956 bits per heavy atom. The maximum Gasteiger partial charge on any atom is 0.271 e. The number of carbonyl (C=O) groups excluding carboxylic acids is 2. The van der Waals surface area contributed by atoms with Gasteiger partial charge in [0.05, 0.1) is 43.4 Å². The van der Waals surface area contributed by atoms with E-state index in [-0.39, 0.29) is 30.3 Å². The molecule has 0 spiro atoms. The number of anilines is 1. The van der Waals surface area contributed by atoms with Crippen molar-refractivity contribution in [1.82, 2.24) is 4.72 Å². The average molecular weight is 657 g/mol. The number of carbonyl (C=O) groups is 2. The number of fused-ring (bicyclic) bond motifs is 1. The van der Waals surface area contributed by atoms with Crippen molar-refractivity contribution >= 4 is 39.1 Å². The first kappa shape index (κ1) is 33.7. The predicted molar refractivity (Wildman–Crippen MR) is 171 cm³/mol. The summed E-state index contributed by atoms with van der Waals surface area (Å²) in [6.45, 7) is 3.60. The molecule has 2 amide bonds. The van der Waals surface area contributed by atoms with Gasteiger partial charge >= 0.3 is 0 Å². The summed E-state index contributed by atoms with van der Waals surface area (Å²) >= 11 is 6.86. The number of ether oxygens (including phenoxy) is 3. The van der Waals surface area contributed by atoms with Crippen molar-refractivity contribution < 1.29 is 32.2 Å². The van der Waals surface area contributed by atoms with Gasteiger partial charge < -0.3 is 19.1 Å². The van der Waals surface area contributed by atoms with Crippen LogP contribution >= 0.6 is 11.6 Å². The molecule has 1 aliphatic rings. The lowest BCUT2D eigenvalue weighted by Gasteiger charge is -2.33. The van der Waals surface area contributed by atoms with E-state index >= 15 is 0 Å². The zero-order valence-electron chi connectivity index (χ0n) is 25.9. The van der Waals surface area contributed by atoms with Crippen LogP contribution in [0.4, 0.5) is 5.69 Å². The van der Waals surface area contributed by atoms with Crippen LogP contribution in [-0.4, -0.2) is 59.5 Å². The van der Waals surface area contributed by atoms with Crippen molar-refractivity contribution in [2.75, 3.05) is 38.5 Å². The van der Waals surface area contributed by atoms with E-state index in [0.717, 1.165) is 6.26 Å². The highest BCUT2D eigenvalue weighted by atomic mass is 35.5. The predicted octanol–water partition coefficient (Wildman–Crippen LogP) is 3.47. The van der Waals surface area contributed by atoms with Crippen LogP contribution in [0.2, 0.25) is 5.02 Å². The molecule has 45 heavy (non-hydrogen) atoms. The molecule has 0 saturated heterocycles. The third-order valence-corrected chi connectivity index (χ3v) is 8.01. The topological polar surface area (TPSA) is 136 Å². The van der Waals surface area contributed by atoms with Crippen LogP contribution in [0, 0.1) is 5.92 Å². The Morgan fingerprint density at radius 2 is 1.60 bits per heavy atom. The molecule has 11 nitrogen and oxygen atoms in total. The molecule has 0 radical (unpaired) electrons. The molecule has 1 N–H and O–H groups in total. The summed E-state index contributed by atoms with van der Waals surface area (Å²) in [7, 11) is -0.759. The fourth-order valence-electron chi connectivity index (χ4n) is 5.00. The van der Waals surface area contributed by atoms with Gasteiger partial charge in [0.25, 0.3) is 5.91 Å². The molecule has 0 saturated carbocycles. The summed E-state index contributed by atoms with van der Waals surface area (Å²) in [5.41, 5.74) is -0.133. The molecule has 1 heterocycles. The van der Waals surface area contributed by atoms with Crippen LogP contribution in [0.3, 0.4) is 0 Å². The molecular weight excluding hydrogens is 620 g/mol. The van der Waals surface area contributed by atoms with Crippen molar-refractivity contribution in [3.8, 4) is 17.2 Å². The molecule has 3 aromatic rings. The molecule has 0 fully saturated rings. The summed E-state index contributed by atoms with van der Waals surface area (Å²) < 4.78 is 41.6. The third-order valence-electron chi connectivity index (χ3n) is 7.05. The molecule has 0 atom stereocenters. The lowest BCUT2D eigenvalue weighted by atomic mass is 9.98. The Hall–Kier alpha value is -4.16. The molecule has 4 rings (SSSR count). The van der Waals surface area contributed by atoms with Crippen LogP contribution < -0.4 is 34.5 Å². The number of hydrogen-bond acceptors (Lipinski definition) is 9. The van der Waals surface area contributed by atoms with Gasteiger partial charge in [-0.3, -0.25) is 24.3 Å². The average Bonchev–Trinajstić information content (AvgIpc) is 3.35. The van der Waals surface area contributed by atoms with Crippen LogP contribution in [-0.2, 0) is 26.0 Å². The second-order valence-electron chi connectivity index (χ2n) is 11.1. The van der Waals surface area contributed by atoms with E-state index in [0.29, 0.717) is 51.6 Å². The van der Waals surface area contributed by atoms with Crippen molar-refractivity contribution in [2.45, 2.75) is 38.8 Å². The molecule has 0 bridgehead atoms. The maximum atomic E-state index is 14.0. The van der Waals surface area contributed by atoms with E-state index in [1.54, 1.807) is 29.2 Å². The van der Waals surface area contributed by atoms with Crippen LogP contribution in [0.15, 0.2) is 70.6 Å². The number of nitrogens with zero attached hydrogens (tertiary/aromatic N) is 3. The largest absolute Gasteiger partial charge is 0.493 e. The SMILES string of the molecule is COc1ccc(N(CC2(Cc3ccccc3OCC(=O)NS(C)(=O)=O)N=c3ccccc3=N2)C(=O)CCC(C)C)c(Cl)c1OC. The lowest BCUT2D eigenvalue weighted by molar-refractivity contribution is -0.121. The van der Waals surface area contributed by atoms with E-state index in [2.05, 4.69) is 0 Å². The lowest BCUT2D eigenvalue weighted by Crippen LogP contribution is -2.45. The number of halogens is 1. The minimum atomic E-state index is -3.74. The van der Waals surface area contributed by atoms with Gasteiger partial charge in [-0.05, 0) is 48.2 Å². The van der Waals surface area contributed by atoms with Crippen molar-refractivity contribution in [3.05, 3.63) is 82.0 Å². The highest BCUT2D eigenvalue weighted by Crippen LogP contribution is 2.43. The summed E-state index contributed by atoms with van der Waals surface area (Å²) in [4.78, 5) is 37.8. The molecule has 0 aromatic heterocycles. The number of sulfonamides is 1. The van der Waals surface area contributed by atoms with Gasteiger partial charge in [-0.15, -0.1) is 0 Å². The second kappa shape index (κ2) is 14.3. The van der Waals surface area contributed by atoms with Gasteiger partial charge in [0.15, 0.2) is 23.8 Å². The fourth-order valence-corrected chi connectivity index (χ4v) is 5.81. The normalized spacial score (nSPS) is 13.3.